The van der Waals surface area contributed by atoms with Gasteiger partial charge in [-0.25, -0.2) is 0 Å². The molecule has 0 bridgehead atoms. The molecule has 0 aliphatic carbocycles. The quantitative estimate of drug-likeness (QED) is 0.665. The fourth-order valence-corrected chi connectivity index (χ4v) is 1.75. The van der Waals surface area contributed by atoms with Gasteiger partial charge in [-0.2, -0.15) is 0 Å². The molecule has 2 rings (SSSR count). The van der Waals surface area contributed by atoms with E-state index < -0.39 is 11.0 Å². The average Bonchev–Trinajstić information content (AvgIpc) is 2.39. The predicted molar refractivity (Wildman–Crippen MR) is 68.3 cm³/mol. The molecule has 0 aromatic heterocycles. The summed E-state index contributed by atoms with van der Waals surface area (Å²) in [6, 6.07) is 13.5. The van der Waals surface area contributed by atoms with Gasteiger partial charge in [-0.05, 0) is 18.1 Å². The lowest BCUT2D eigenvalue weighted by Crippen LogP contribution is -2.00. The third-order valence-corrected chi connectivity index (χ3v) is 2.79. The van der Waals surface area contributed by atoms with Crippen LogP contribution in [0.3, 0.4) is 0 Å². The summed E-state index contributed by atoms with van der Waals surface area (Å²) in [6.07, 6.45) is -0.842. The van der Waals surface area contributed by atoms with Crippen molar-refractivity contribution in [3.8, 4) is 0 Å². The normalized spacial score (nSPS) is 12.1. The van der Waals surface area contributed by atoms with E-state index in [1.165, 1.54) is 12.1 Å². The number of rotatable bonds is 3. The van der Waals surface area contributed by atoms with Crippen LogP contribution in [0.25, 0.3) is 0 Å². The molecule has 2 aromatic rings. The zero-order valence-electron chi connectivity index (χ0n) is 9.91. The average molecular weight is 243 g/mol. The molecule has 0 aliphatic rings. The molecule has 0 aliphatic heterocycles. The van der Waals surface area contributed by atoms with Gasteiger partial charge >= 0.3 is 0 Å². The van der Waals surface area contributed by atoms with E-state index in [1.54, 1.807) is 12.1 Å². The summed E-state index contributed by atoms with van der Waals surface area (Å²) < 4.78 is 0. The molecule has 2 aromatic carbocycles. The van der Waals surface area contributed by atoms with Gasteiger partial charge in [-0.1, -0.05) is 42.0 Å². The van der Waals surface area contributed by atoms with Crippen LogP contribution in [-0.2, 0) is 0 Å². The van der Waals surface area contributed by atoms with Crippen LogP contribution in [-0.4, -0.2) is 10.0 Å². The summed E-state index contributed by atoms with van der Waals surface area (Å²) in [5.41, 5.74) is 2.33. The Kier molecular flexibility index (Phi) is 3.39. The smallest absolute Gasteiger partial charge is 0.269 e. The van der Waals surface area contributed by atoms with Gasteiger partial charge in [0.15, 0.2) is 0 Å². The van der Waals surface area contributed by atoms with Gasteiger partial charge in [0, 0.05) is 12.1 Å². The van der Waals surface area contributed by atoms with E-state index in [9.17, 15) is 15.2 Å². The number of non-ortho nitro benzene ring substituents is 1. The Balaban J connectivity index is 2.33. The summed E-state index contributed by atoms with van der Waals surface area (Å²) >= 11 is 0. The van der Waals surface area contributed by atoms with Crippen LogP contribution < -0.4 is 0 Å². The highest BCUT2D eigenvalue weighted by atomic mass is 16.6. The van der Waals surface area contributed by atoms with Crippen molar-refractivity contribution in [3.63, 3.8) is 0 Å². The van der Waals surface area contributed by atoms with E-state index in [0.29, 0.717) is 5.56 Å². The van der Waals surface area contributed by atoms with Gasteiger partial charge in [0.1, 0.15) is 6.10 Å². The Labute approximate surface area is 105 Å². The van der Waals surface area contributed by atoms with Crippen molar-refractivity contribution in [2.75, 3.05) is 0 Å². The third kappa shape index (κ3) is 2.55. The topological polar surface area (TPSA) is 63.4 Å². The Hall–Kier alpha value is -2.20. The summed E-state index contributed by atoms with van der Waals surface area (Å²) in [6.45, 7) is 1.96. The van der Waals surface area contributed by atoms with E-state index in [2.05, 4.69) is 0 Å². The lowest BCUT2D eigenvalue weighted by Gasteiger charge is -2.11. The van der Waals surface area contributed by atoms with Crippen molar-refractivity contribution in [1.29, 1.82) is 0 Å². The first-order chi connectivity index (χ1) is 8.58. The second-order valence-electron chi connectivity index (χ2n) is 4.17. The first-order valence-electron chi connectivity index (χ1n) is 5.57. The van der Waals surface area contributed by atoms with E-state index in [1.807, 2.05) is 31.2 Å². The highest BCUT2D eigenvalue weighted by molar-refractivity contribution is 5.39. The molecule has 1 atom stereocenters. The number of nitro groups is 1. The minimum absolute atomic E-state index is 0.0151. The van der Waals surface area contributed by atoms with Crippen molar-refractivity contribution in [1.82, 2.24) is 0 Å². The molecular weight excluding hydrogens is 230 g/mol. The van der Waals surface area contributed by atoms with E-state index >= 15 is 0 Å². The fourth-order valence-electron chi connectivity index (χ4n) is 1.75. The zero-order valence-corrected chi connectivity index (χ0v) is 9.91. The zero-order chi connectivity index (χ0) is 13.1. The summed E-state index contributed by atoms with van der Waals surface area (Å²) in [4.78, 5) is 10.2. The van der Waals surface area contributed by atoms with Gasteiger partial charge in [0.05, 0.1) is 4.92 Å². The van der Waals surface area contributed by atoms with E-state index in [0.717, 1.165) is 11.1 Å². The summed E-state index contributed by atoms with van der Waals surface area (Å²) in [5, 5.41) is 20.8. The Morgan fingerprint density at radius 1 is 1.11 bits per heavy atom. The molecule has 0 amide bonds. The van der Waals surface area contributed by atoms with Crippen molar-refractivity contribution in [3.05, 3.63) is 75.3 Å². The number of aryl methyl sites for hydroxylation is 1. The minimum atomic E-state index is -0.842. The number of hydrogen-bond acceptors (Lipinski definition) is 3. The van der Waals surface area contributed by atoms with Crippen molar-refractivity contribution in [2.24, 2.45) is 0 Å². The molecule has 0 spiro atoms. The molecule has 4 heteroatoms. The largest absolute Gasteiger partial charge is 0.384 e. The number of nitrogens with zero attached hydrogens (tertiary/aromatic N) is 1. The Morgan fingerprint density at radius 2 is 1.78 bits per heavy atom. The molecule has 0 radical (unpaired) electrons. The maximum atomic E-state index is 10.7. The van der Waals surface area contributed by atoms with Gasteiger partial charge in [-0.15, -0.1) is 0 Å². The van der Waals surface area contributed by atoms with Gasteiger partial charge in [0.25, 0.3) is 5.69 Å². The summed E-state index contributed by atoms with van der Waals surface area (Å²) in [5.74, 6) is 0. The van der Waals surface area contributed by atoms with Crippen LogP contribution in [0.1, 0.15) is 22.8 Å². The number of aliphatic hydroxyl groups excluding tert-OH is 1. The second kappa shape index (κ2) is 4.98. The molecule has 0 saturated carbocycles. The maximum absolute atomic E-state index is 10.7. The Morgan fingerprint density at radius 3 is 2.39 bits per heavy atom. The highest BCUT2D eigenvalue weighted by Gasteiger charge is 2.13. The number of benzene rings is 2. The first-order valence-corrected chi connectivity index (χ1v) is 5.57. The third-order valence-electron chi connectivity index (χ3n) is 2.79. The summed E-state index contributed by atoms with van der Waals surface area (Å²) in [7, 11) is 0. The van der Waals surface area contributed by atoms with Crippen LogP contribution in [0.5, 0.6) is 0 Å². The lowest BCUT2D eigenvalue weighted by atomic mass is 10.0. The van der Waals surface area contributed by atoms with Crippen LogP contribution >= 0.6 is 0 Å². The molecule has 4 nitrogen and oxygen atoms in total. The van der Waals surface area contributed by atoms with Crippen LogP contribution in [0, 0.1) is 17.0 Å². The van der Waals surface area contributed by atoms with Gasteiger partial charge < -0.3 is 5.11 Å². The van der Waals surface area contributed by atoms with Crippen molar-refractivity contribution >= 4 is 5.69 Å². The first kappa shape index (κ1) is 12.3. The standard InChI is InChI=1S/C14H13NO3/c1-10-5-7-11(8-6-10)14(16)12-3-2-4-13(9-12)15(17)18/h2-9,14,16H,1H3/t14-/m0/s1. The van der Waals surface area contributed by atoms with Gasteiger partial charge in [-0.3, -0.25) is 10.1 Å². The maximum Gasteiger partial charge on any atom is 0.269 e. The number of nitro benzene ring substituents is 1. The molecule has 92 valence electrons. The van der Waals surface area contributed by atoms with Crippen LogP contribution in [0.4, 0.5) is 5.69 Å². The molecule has 0 saturated heterocycles. The lowest BCUT2D eigenvalue weighted by molar-refractivity contribution is -0.385. The number of aliphatic hydroxyl groups is 1. The molecule has 0 fully saturated rings. The fraction of sp³-hybridized carbons (Fsp3) is 0.143. The molecule has 1 N–H and O–H groups in total. The van der Waals surface area contributed by atoms with Gasteiger partial charge in [0.2, 0.25) is 0 Å². The second-order valence-corrected chi connectivity index (χ2v) is 4.17. The van der Waals surface area contributed by atoms with Crippen LogP contribution in [0.15, 0.2) is 48.5 Å². The van der Waals surface area contributed by atoms with E-state index in [-0.39, 0.29) is 5.69 Å². The predicted octanol–water partition coefficient (Wildman–Crippen LogP) is 2.98. The molecule has 18 heavy (non-hydrogen) atoms. The monoisotopic (exact) mass is 243 g/mol. The van der Waals surface area contributed by atoms with E-state index in [4.69, 9.17) is 0 Å². The highest BCUT2D eigenvalue weighted by Crippen LogP contribution is 2.25. The van der Waals surface area contributed by atoms with Crippen LogP contribution in [0.2, 0.25) is 0 Å². The minimum Gasteiger partial charge on any atom is -0.384 e. The van der Waals surface area contributed by atoms with Crippen molar-refractivity contribution < 1.29 is 10.0 Å². The number of hydrogen-bond donors (Lipinski definition) is 1. The molecular formula is C14H13NO3. The Bertz CT molecular complexity index is 564. The molecule has 0 heterocycles. The SMILES string of the molecule is Cc1ccc([C@H](O)c2cccc([N+](=O)[O-])c2)cc1. The van der Waals surface area contributed by atoms with Crippen molar-refractivity contribution in [2.45, 2.75) is 13.0 Å². The molecule has 0 unspecified atom stereocenters.